The van der Waals surface area contributed by atoms with Crippen molar-refractivity contribution >= 4 is 33.2 Å². The van der Waals surface area contributed by atoms with E-state index in [2.05, 4.69) is 18.0 Å². The average Bonchev–Trinajstić information content (AvgIpc) is 2.88. The highest BCUT2D eigenvalue weighted by molar-refractivity contribution is 7.18. The molecule has 0 radical (unpaired) electrons. The molecule has 0 bridgehead atoms. The zero-order chi connectivity index (χ0) is 14.3. The molecule has 3 rings (SSSR count). The predicted octanol–water partition coefficient (Wildman–Crippen LogP) is 3.88. The van der Waals surface area contributed by atoms with Gasteiger partial charge < -0.3 is 0 Å². The van der Waals surface area contributed by atoms with Crippen molar-refractivity contribution in [2.75, 3.05) is 0 Å². The Balaban J connectivity index is 2.42. The number of fused-ring (bicyclic) bond motifs is 1. The van der Waals surface area contributed by atoms with Gasteiger partial charge >= 0.3 is 5.69 Å². The highest BCUT2D eigenvalue weighted by atomic mass is 35.5. The van der Waals surface area contributed by atoms with Crippen molar-refractivity contribution in [3.63, 3.8) is 0 Å². The van der Waals surface area contributed by atoms with Gasteiger partial charge in [-0.15, -0.1) is 11.3 Å². The molecule has 0 fully saturated rings. The predicted molar refractivity (Wildman–Crippen MR) is 84.7 cm³/mol. The van der Waals surface area contributed by atoms with Crippen molar-refractivity contribution < 1.29 is 0 Å². The number of hydrogen-bond acceptors (Lipinski definition) is 3. The van der Waals surface area contributed by atoms with E-state index in [4.69, 9.17) is 11.6 Å². The summed E-state index contributed by atoms with van der Waals surface area (Å²) >= 11 is 7.88. The van der Waals surface area contributed by atoms with Crippen LogP contribution >= 0.6 is 22.9 Å². The third kappa shape index (κ3) is 2.05. The molecule has 3 nitrogen and oxygen atoms in total. The Bertz CT molecular complexity index is 851. The Hall–Kier alpha value is -1.65. The minimum atomic E-state index is -0.253. The van der Waals surface area contributed by atoms with Crippen LogP contribution in [0.5, 0.6) is 0 Å². The van der Waals surface area contributed by atoms with E-state index < -0.39 is 0 Å². The van der Waals surface area contributed by atoms with Crippen molar-refractivity contribution in [3.05, 3.63) is 50.7 Å². The first-order valence-electron chi connectivity index (χ1n) is 6.36. The summed E-state index contributed by atoms with van der Waals surface area (Å²) in [5, 5.41) is 1.60. The van der Waals surface area contributed by atoms with Gasteiger partial charge in [0.2, 0.25) is 0 Å². The molecule has 0 N–H and O–H groups in total. The van der Waals surface area contributed by atoms with E-state index in [1.807, 2.05) is 24.3 Å². The zero-order valence-corrected chi connectivity index (χ0v) is 12.8. The normalized spacial score (nSPS) is 11.2. The van der Waals surface area contributed by atoms with Gasteiger partial charge in [-0.05, 0) is 18.6 Å². The summed E-state index contributed by atoms with van der Waals surface area (Å²) in [7, 11) is 1.75. The number of halogens is 1. The molecule has 102 valence electrons. The fourth-order valence-corrected chi connectivity index (χ4v) is 3.48. The average molecular weight is 305 g/mol. The van der Waals surface area contributed by atoms with Crippen LogP contribution in [0.2, 0.25) is 5.02 Å². The third-order valence-electron chi connectivity index (χ3n) is 3.30. The molecule has 0 saturated heterocycles. The van der Waals surface area contributed by atoms with Gasteiger partial charge in [0.05, 0.1) is 5.69 Å². The molecule has 0 spiro atoms. The lowest BCUT2D eigenvalue weighted by Crippen LogP contribution is -2.20. The van der Waals surface area contributed by atoms with Crippen LogP contribution < -0.4 is 5.69 Å². The van der Waals surface area contributed by atoms with Crippen LogP contribution in [0.15, 0.2) is 35.1 Å². The lowest BCUT2D eigenvalue weighted by atomic mass is 10.1. The van der Waals surface area contributed by atoms with E-state index in [0.29, 0.717) is 10.7 Å². The van der Waals surface area contributed by atoms with E-state index in [9.17, 15) is 4.79 Å². The van der Waals surface area contributed by atoms with Gasteiger partial charge in [-0.2, -0.15) is 4.98 Å². The zero-order valence-electron chi connectivity index (χ0n) is 11.2. The Kier molecular flexibility index (Phi) is 3.36. The molecule has 20 heavy (non-hydrogen) atoms. The molecule has 0 aliphatic carbocycles. The molecular weight excluding hydrogens is 292 g/mol. The van der Waals surface area contributed by atoms with Gasteiger partial charge in [0, 0.05) is 27.9 Å². The molecule has 0 saturated carbocycles. The lowest BCUT2D eigenvalue weighted by molar-refractivity contribution is 0.862. The Morgan fingerprint density at radius 1 is 1.35 bits per heavy atom. The van der Waals surface area contributed by atoms with E-state index in [1.54, 1.807) is 23.0 Å². The lowest BCUT2D eigenvalue weighted by Gasteiger charge is -2.06. The molecule has 2 heterocycles. The van der Waals surface area contributed by atoms with Gasteiger partial charge in [0.25, 0.3) is 0 Å². The van der Waals surface area contributed by atoms with Gasteiger partial charge in [-0.1, -0.05) is 36.7 Å². The van der Waals surface area contributed by atoms with Crippen LogP contribution in [-0.2, 0) is 13.5 Å². The molecular formula is C15H13ClN2OS. The maximum absolute atomic E-state index is 12.1. The number of aromatic nitrogens is 2. The second kappa shape index (κ2) is 5.04. The minimum absolute atomic E-state index is 0.253. The molecule has 0 unspecified atom stereocenters. The van der Waals surface area contributed by atoms with Crippen LogP contribution in [0, 0.1) is 0 Å². The first-order valence-corrected chi connectivity index (χ1v) is 7.55. The maximum atomic E-state index is 12.1. The number of rotatable bonds is 2. The fraction of sp³-hybridized carbons (Fsp3) is 0.200. The van der Waals surface area contributed by atoms with Crippen molar-refractivity contribution in [1.29, 1.82) is 0 Å². The topological polar surface area (TPSA) is 34.9 Å². The molecule has 0 aliphatic heterocycles. The first kappa shape index (κ1) is 13.3. The Morgan fingerprint density at radius 3 is 2.80 bits per heavy atom. The summed E-state index contributed by atoms with van der Waals surface area (Å²) in [6.07, 6.45) is 0.940. The van der Waals surface area contributed by atoms with Crippen LogP contribution in [0.4, 0.5) is 0 Å². The highest BCUT2D eigenvalue weighted by Crippen LogP contribution is 2.34. The summed E-state index contributed by atoms with van der Waals surface area (Å²) in [6, 6.07) is 9.58. The molecule has 0 atom stereocenters. The summed E-state index contributed by atoms with van der Waals surface area (Å²) in [5.74, 6) is 0. The molecule has 5 heteroatoms. The number of aryl methyl sites for hydroxylation is 2. The number of hydrogen-bond donors (Lipinski definition) is 0. The molecule has 1 aromatic carbocycles. The van der Waals surface area contributed by atoms with Crippen LogP contribution in [-0.4, -0.2) is 9.55 Å². The monoisotopic (exact) mass is 304 g/mol. The van der Waals surface area contributed by atoms with Crippen molar-refractivity contribution in [1.82, 2.24) is 9.55 Å². The summed E-state index contributed by atoms with van der Waals surface area (Å²) in [6.45, 7) is 2.10. The largest absolute Gasteiger partial charge is 0.348 e. The smallest absolute Gasteiger partial charge is 0.286 e. The summed E-state index contributed by atoms with van der Waals surface area (Å²) < 4.78 is 1.60. The van der Waals surface area contributed by atoms with E-state index >= 15 is 0 Å². The maximum Gasteiger partial charge on any atom is 0.348 e. The SMILES string of the molecule is CCc1cc2c(-c3ccccc3Cl)nc(=O)n(C)c2s1. The summed E-state index contributed by atoms with van der Waals surface area (Å²) in [4.78, 5) is 18.4. The van der Waals surface area contributed by atoms with Gasteiger partial charge in [0.15, 0.2) is 0 Å². The van der Waals surface area contributed by atoms with E-state index in [0.717, 1.165) is 22.2 Å². The van der Waals surface area contributed by atoms with Crippen LogP contribution in [0.25, 0.3) is 21.5 Å². The molecule has 2 aromatic heterocycles. The van der Waals surface area contributed by atoms with Gasteiger partial charge in [-0.25, -0.2) is 4.79 Å². The van der Waals surface area contributed by atoms with Crippen molar-refractivity contribution in [2.45, 2.75) is 13.3 Å². The van der Waals surface area contributed by atoms with Gasteiger partial charge in [-0.3, -0.25) is 4.57 Å². The Morgan fingerprint density at radius 2 is 2.10 bits per heavy atom. The standard InChI is InChI=1S/C15H13ClN2OS/c1-3-9-8-11-13(10-6-4-5-7-12(10)16)17-15(19)18(2)14(11)20-9/h4-8H,3H2,1-2H3. The second-order valence-corrected chi connectivity index (χ2v) is 6.09. The summed E-state index contributed by atoms with van der Waals surface area (Å²) in [5.41, 5.74) is 1.22. The molecule has 3 aromatic rings. The Labute approximate surface area is 125 Å². The number of benzene rings is 1. The van der Waals surface area contributed by atoms with Crippen LogP contribution in [0.1, 0.15) is 11.8 Å². The molecule has 0 aliphatic rings. The minimum Gasteiger partial charge on any atom is -0.286 e. The highest BCUT2D eigenvalue weighted by Gasteiger charge is 2.15. The van der Waals surface area contributed by atoms with E-state index in [1.165, 1.54) is 4.88 Å². The second-order valence-electron chi connectivity index (χ2n) is 4.57. The van der Waals surface area contributed by atoms with Crippen molar-refractivity contribution in [3.8, 4) is 11.3 Å². The van der Waals surface area contributed by atoms with Crippen molar-refractivity contribution in [2.24, 2.45) is 7.05 Å². The number of nitrogens with zero attached hydrogens (tertiary/aromatic N) is 2. The third-order valence-corrected chi connectivity index (χ3v) is 4.98. The quantitative estimate of drug-likeness (QED) is 0.720. The van der Waals surface area contributed by atoms with E-state index in [-0.39, 0.29) is 5.69 Å². The number of thiophene rings is 1. The van der Waals surface area contributed by atoms with Gasteiger partial charge in [0.1, 0.15) is 4.83 Å². The molecule has 0 amide bonds. The first-order chi connectivity index (χ1) is 9.61. The van der Waals surface area contributed by atoms with Crippen LogP contribution in [0.3, 0.4) is 0 Å². The fourth-order valence-electron chi connectivity index (χ4n) is 2.20.